The minimum atomic E-state index is -0.756. The van der Waals surface area contributed by atoms with E-state index in [0.29, 0.717) is 24.5 Å². The number of amides is 4. The molecule has 3 aromatic rings. The van der Waals surface area contributed by atoms with Crippen LogP contribution < -0.4 is 15.0 Å². The highest BCUT2D eigenvalue weighted by atomic mass is 16.5. The molecule has 34 heavy (non-hydrogen) atoms. The van der Waals surface area contributed by atoms with Gasteiger partial charge in [-0.3, -0.25) is 14.9 Å². The van der Waals surface area contributed by atoms with E-state index in [-0.39, 0.29) is 5.57 Å². The molecule has 1 saturated heterocycles. The van der Waals surface area contributed by atoms with Gasteiger partial charge in [-0.15, -0.1) is 0 Å². The maximum atomic E-state index is 13.1. The number of carbonyl (C=O) groups is 3. The fourth-order valence-corrected chi connectivity index (χ4v) is 3.90. The molecule has 4 rings (SSSR count). The lowest BCUT2D eigenvalue weighted by Crippen LogP contribution is -2.54. The Balaban J connectivity index is 1.52. The SMILES string of the molecule is CCc1ccc(N2C(=O)NC(=O)C(=Cc3cccn3CCOc3ccc(C)cc3C)C2=O)cc1. The third-order valence-electron chi connectivity index (χ3n) is 5.78. The predicted molar refractivity (Wildman–Crippen MR) is 131 cm³/mol. The number of hydrogen-bond acceptors (Lipinski definition) is 4. The highest BCUT2D eigenvalue weighted by molar-refractivity contribution is 6.39. The first-order valence-corrected chi connectivity index (χ1v) is 11.2. The highest BCUT2D eigenvalue weighted by Crippen LogP contribution is 2.23. The van der Waals surface area contributed by atoms with E-state index in [0.717, 1.165) is 28.2 Å². The van der Waals surface area contributed by atoms with Crippen LogP contribution in [0.5, 0.6) is 5.75 Å². The Morgan fingerprint density at radius 3 is 2.47 bits per heavy atom. The van der Waals surface area contributed by atoms with E-state index in [1.165, 1.54) is 11.6 Å². The van der Waals surface area contributed by atoms with Crippen LogP contribution in [0.1, 0.15) is 29.3 Å². The third kappa shape index (κ3) is 4.78. The summed E-state index contributed by atoms with van der Waals surface area (Å²) in [6.45, 7) is 7.01. The van der Waals surface area contributed by atoms with Crippen molar-refractivity contribution < 1.29 is 19.1 Å². The molecule has 7 heteroatoms. The first kappa shape index (κ1) is 23.0. The van der Waals surface area contributed by atoms with Gasteiger partial charge in [0.15, 0.2) is 0 Å². The highest BCUT2D eigenvalue weighted by Gasteiger charge is 2.36. The summed E-state index contributed by atoms with van der Waals surface area (Å²) in [6, 6.07) is 16.0. The van der Waals surface area contributed by atoms with Crippen molar-refractivity contribution in [2.75, 3.05) is 11.5 Å². The molecule has 0 spiro atoms. The van der Waals surface area contributed by atoms with Gasteiger partial charge < -0.3 is 9.30 Å². The number of nitrogens with one attached hydrogen (secondary N) is 1. The van der Waals surface area contributed by atoms with Gasteiger partial charge >= 0.3 is 6.03 Å². The zero-order chi connectivity index (χ0) is 24.2. The zero-order valence-electron chi connectivity index (χ0n) is 19.5. The van der Waals surface area contributed by atoms with Crippen LogP contribution in [0, 0.1) is 13.8 Å². The summed E-state index contributed by atoms with van der Waals surface area (Å²) in [5.41, 5.74) is 4.30. The summed E-state index contributed by atoms with van der Waals surface area (Å²) < 4.78 is 7.82. The summed E-state index contributed by atoms with van der Waals surface area (Å²) in [4.78, 5) is 39.1. The second-order valence-electron chi connectivity index (χ2n) is 8.22. The van der Waals surface area contributed by atoms with E-state index in [9.17, 15) is 14.4 Å². The van der Waals surface area contributed by atoms with Gasteiger partial charge in [-0.1, -0.05) is 36.8 Å². The molecule has 1 fully saturated rings. The molecule has 1 aromatic heterocycles. The molecule has 0 saturated carbocycles. The van der Waals surface area contributed by atoms with E-state index in [2.05, 4.69) is 11.4 Å². The molecule has 0 unspecified atom stereocenters. The molecule has 0 radical (unpaired) electrons. The zero-order valence-corrected chi connectivity index (χ0v) is 19.5. The molecular formula is C27H27N3O4. The average molecular weight is 458 g/mol. The second-order valence-corrected chi connectivity index (χ2v) is 8.22. The van der Waals surface area contributed by atoms with Crippen LogP contribution >= 0.6 is 0 Å². The van der Waals surface area contributed by atoms with Gasteiger partial charge in [0.2, 0.25) is 0 Å². The van der Waals surface area contributed by atoms with Gasteiger partial charge in [0, 0.05) is 11.9 Å². The summed E-state index contributed by atoms with van der Waals surface area (Å²) in [7, 11) is 0. The molecule has 0 atom stereocenters. The quantitative estimate of drug-likeness (QED) is 0.421. The van der Waals surface area contributed by atoms with Crippen LogP contribution in [0.2, 0.25) is 0 Å². The maximum Gasteiger partial charge on any atom is 0.335 e. The van der Waals surface area contributed by atoms with Crippen molar-refractivity contribution in [3.63, 3.8) is 0 Å². The lowest BCUT2D eigenvalue weighted by atomic mass is 10.1. The smallest absolute Gasteiger partial charge is 0.335 e. The number of hydrogen-bond donors (Lipinski definition) is 1. The van der Waals surface area contributed by atoms with Crippen molar-refractivity contribution in [2.45, 2.75) is 33.7 Å². The number of imide groups is 2. The topological polar surface area (TPSA) is 80.6 Å². The van der Waals surface area contributed by atoms with Crippen LogP contribution in [0.3, 0.4) is 0 Å². The number of benzene rings is 2. The molecule has 1 N–H and O–H groups in total. The van der Waals surface area contributed by atoms with Gasteiger partial charge in [-0.05, 0) is 67.8 Å². The first-order chi connectivity index (χ1) is 16.4. The van der Waals surface area contributed by atoms with Crippen molar-refractivity contribution >= 4 is 29.6 Å². The van der Waals surface area contributed by atoms with Gasteiger partial charge in [0.25, 0.3) is 11.8 Å². The van der Waals surface area contributed by atoms with E-state index in [4.69, 9.17) is 4.74 Å². The molecule has 2 heterocycles. The van der Waals surface area contributed by atoms with Crippen molar-refractivity contribution in [2.24, 2.45) is 0 Å². The van der Waals surface area contributed by atoms with Crippen molar-refractivity contribution in [3.05, 3.63) is 88.8 Å². The standard InChI is InChI=1S/C27H27N3O4/c1-4-20-8-10-21(11-9-20)30-26(32)23(25(31)28-27(30)33)17-22-6-5-13-29(22)14-15-34-24-12-7-18(2)16-19(24)3/h5-13,16-17H,4,14-15H2,1-3H3,(H,28,31,33). The summed E-state index contributed by atoms with van der Waals surface area (Å²) in [6.07, 6.45) is 4.21. The van der Waals surface area contributed by atoms with Crippen molar-refractivity contribution in [3.8, 4) is 5.75 Å². The van der Waals surface area contributed by atoms with Gasteiger partial charge in [0.05, 0.1) is 12.2 Å². The number of anilines is 1. The molecule has 0 aliphatic carbocycles. The summed E-state index contributed by atoms with van der Waals surface area (Å²) in [5, 5.41) is 2.27. The summed E-state index contributed by atoms with van der Waals surface area (Å²) >= 11 is 0. The lowest BCUT2D eigenvalue weighted by molar-refractivity contribution is -0.122. The van der Waals surface area contributed by atoms with Crippen LogP contribution in [0.25, 0.3) is 6.08 Å². The molecular weight excluding hydrogens is 430 g/mol. The molecule has 0 bridgehead atoms. The number of rotatable bonds is 7. The first-order valence-electron chi connectivity index (χ1n) is 11.2. The minimum absolute atomic E-state index is 0.102. The normalized spacial score (nSPS) is 15.1. The van der Waals surface area contributed by atoms with Gasteiger partial charge in [-0.25, -0.2) is 9.69 Å². The van der Waals surface area contributed by atoms with Crippen LogP contribution in [0.15, 0.2) is 66.4 Å². The molecule has 1 aliphatic heterocycles. The van der Waals surface area contributed by atoms with Gasteiger partial charge in [0.1, 0.15) is 17.9 Å². The number of aryl methyl sites for hydroxylation is 3. The molecule has 174 valence electrons. The van der Waals surface area contributed by atoms with Crippen molar-refractivity contribution in [1.29, 1.82) is 0 Å². The second kappa shape index (κ2) is 9.79. The Hall–Kier alpha value is -4.13. The number of aromatic nitrogens is 1. The largest absolute Gasteiger partial charge is 0.491 e. The number of urea groups is 1. The maximum absolute atomic E-state index is 13.1. The Morgan fingerprint density at radius 1 is 1.00 bits per heavy atom. The van der Waals surface area contributed by atoms with E-state index >= 15 is 0 Å². The predicted octanol–water partition coefficient (Wildman–Crippen LogP) is 4.41. The average Bonchev–Trinajstić information content (AvgIpc) is 3.25. The van der Waals surface area contributed by atoms with Crippen LogP contribution in [0.4, 0.5) is 10.5 Å². The number of ether oxygens (including phenoxy) is 1. The van der Waals surface area contributed by atoms with E-state index in [1.54, 1.807) is 12.1 Å². The molecule has 7 nitrogen and oxygen atoms in total. The Labute approximate surface area is 198 Å². The molecule has 4 amide bonds. The lowest BCUT2D eigenvalue weighted by Gasteiger charge is -2.26. The van der Waals surface area contributed by atoms with Gasteiger partial charge in [-0.2, -0.15) is 0 Å². The van der Waals surface area contributed by atoms with Crippen LogP contribution in [-0.2, 0) is 22.6 Å². The van der Waals surface area contributed by atoms with E-state index < -0.39 is 17.8 Å². The van der Waals surface area contributed by atoms with Crippen LogP contribution in [-0.4, -0.2) is 29.0 Å². The summed E-state index contributed by atoms with van der Waals surface area (Å²) in [5.74, 6) is -0.546. The Morgan fingerprint density at radius 2 is 1.76 bits per heavy atom. The Kier molecular flexibility index (Phi) is 6.63. The third-order valence-corrected chi connectivity index (χ3v) is 5.78. The number of barbiturate groups is 1. The number of carbonyl (C=O) groups excluding carboxylic acids is 3. The number of nitrogens with zero attached hydrogens (tertiary/aromatic N) is 2. The van der Waals surface area contributed by atoms with E-state index in [1.807, 2.05) is 67.9 Å². The molecule has 1 aliphatic rings. The Bertz CT molecular complexity index is 1270. The fraction of sp³-hybridized carbons (Fsp3) is 0.222. The minimum Gasteiger partial charge on any atom is -0.491 e. The van der Waals surface area contributed by atoms with Crippen molar-refractivity contribution in [1.82, 2.24) is 9.88 Å². The monoisotopic (exact) mass is 457 g/mol. The molecule has 2 aromatic carbocycles. The fourth-order valence-electron chi connectivity index (χ4n) is 3.90.